The van der Waals surface area contributed by atoms with Gasteiger partial charge in [0.25, 0.3) is 0 Å². The Kier molecular flexibility index (Phi) is 60.6. The van der Waals surface area contributed by atoms with Gasteiger partial charge in [0.2, 0.25) is 0 Å². The molecule has 1 aromatic heterocycles. The molecule has 66 valence electrons. The van der Waals surface area contributed by atoms with Crippen LogP contribution >= 0.6 is 0 Å². The van der Waals surface area contributed by atoms with Crippen LogP contribution in [0.5, 0.6) is 0 Å². The van der Waals surface area contributed by atoms with Crippen molar-refractivity contribution in [2.75, 3.05) is 0 Å². The first-order chi connectivity index (χ1) is 3.00. The molecular weight excluding hydrogens is 319 g/mol. The quantitative estimate of drug-likeness (QED) is 0.443. The van der Waals surface area contributed by atoms with Crippen molar-refractivity contribution < 1.29 is 69.1 Å². The van der Waals surface area contributed by atoms with E-state index in [0.29, 0.717) is 0 Å². The van der Waals surface area contributed by atoms with E-state index in [1.165, 1.54) is 0 Å². The minimum Gasteiger partial charge on any atom is -1.00 e. The Morgan fingerprint density at radius 3 is 0.818 bits per heavy atom. The number of nitrogens with zero attached hydrogens (tertiary/aromatic N) is 2. The zero-order chi connectivity index (χ0) is 4.24. The van der Waals surface area contributed by atoms with E-state index >= 15 is 0 Å². The predicted octanol–water partition coefficient (Wildman–Crippen LogP) is -11.5. The Morgan fingerprint density at radius 1 is 0.545 bits per heavy atom. The molecule has 0 fully saturated rings. The van der Waals surface area contributed by atoms with Crippen LogP contribution in [-0.2, 0) is 19.5 Å². The molecular formula is C4H4Cl4N2Ru. The maximum atomic E-state index is 3.72. The van der Waals surface area contributed by atoms with Crippen LogP contribution in [0.2, 0.25) is 0 Å². The summed E-state index contributed by atoms with van der Waals surface area (Å²) in [4.78, 5) is 7.44. The largest absolute Gasteiger partial charge is 4.00 e. The molecule has 7 heteroatoms. The number of hydrogen-bond acceptors (Lipinski definition) is 2. The van der Waals surface area contributed by atoms with Gasteiger partial charge in [-0.1, -0.05) is 0 Å². The first kappa shape index (κ1) is 29.7. The van der Waals surface area contributed by atoms with Gasteiger partial charge in [-0.25, -0.2) is 0 Å². The van der Waals surface area contributed by atoms with E-state index in [9.17, 15) is 0 Å². The topological polar surface area (TPSA) is 25.8 Å². The van der Waals surface area contributed by atoms with E-state index in [2.05, 4.69) is 9.97 Å². The van der Waals surface area contributed by atoms with Crippen LogP contribution in [0.3, 0.4) is 0 Å². The smallest absolute Gasteiger partial charge is 1.00 e. The molecule has 0 amide bonds. The second-order valence-corrected chi connectivity index (χ2v) is 0.894. The van der Waals surface area contributed by atoms with Crippen LogP contribution in [0.4, 0.5) is 0 Å². The monoisotopic (exact) mass is 322 g/mol. The van der Waals surface area contributed by atoms with Crippen molar-refractivity contribution in [2.24, 2.45) is 0 Å². The van der Waals surface area contributed by atoms with E-state index in [4.69, 9.17) is 0 Å². The van der Waals surface area contributed by atoms with Gasteiger partial charge in [0.15, 0.2) is 0 Å². The van der Waals surface area contributed by atoms with Crippen LogP contribution in [0.15, 0.2) is 24.8 Å². The summed E-state index contributed by atoms with van der Waals surface area (Å²) in [6.45, 7) is 0. The molecule has 0 N–H and O–H groups in total. The Hall–Kier alpha value is 0.863. The van der Waals surface area contributed by atoms with Crippen molar-refractivity contribution in [1.82, 2.24) is 9.97 Å². The summed E-state index contributed by atoms with van der Waals surface area (Å²) in [5.74, 6) is 0. The van der Waals surface area contributed by atoms with Crippen molar-refractivity contribution in [1.29, 1.82) is 0 Å². The molecule has 0 aliphatic carbocycles. The molecule has 1 rings (SSSR count). The number of rotatable bonds is 0. The average molecular weight is 323 g/mol. The van der Waals surface area contributed by atoms with Gasteiger partial charge in [0.05, 0.1) is 0 Å². The number of halogens is 4. The SMILES string of the molecule is [Cl-].[Cl-].[Cl-].[Cl-].[Ru+4].c1cnccn1. The molecule has 0 saturated heterocycles. The third kappa shape index (κ3) is 18.1. The van der Waals surface area contributed by atoms with E-state index in [0.717, 1.165) is 0 Å². The fraction of sp³-hybridized carbons (Fsp3) is 0. The minimum absolute atomic E-state index is 0. The van der Waals surface area contributed by atoms with Crippen LogP contribution in [0.25, 0.3) is 0 Å². The van der Waals surface area contributed by atoms with Gasteiger partial charge in [-0.2, -0.15) is 0 Å². The molecule has 0 aliphatic rings. The van der Waals surface area contributed by atoms with Crippen LogP contribution in [0.1, 0.15) is 0 Å². The zero-order valence-corrected chi connectivity index (χ0v) is 9.83. The van der Waals surface area contributed by atoms with E-state index in [-0.39, 0.29) is 69.1 Å². The minimum atomic E-state index is 0. The van der Waals surface area contributed by atoms with E-state index in [1.807, 2.05) is 0 Å². The van der Waals surface area contributed by atoms with Gasteiger partial charge in [0.1, 0.15) is 0 Å². The zero-order valence-electron chi connectivity index (χ0n) is 5.07. The second-order valence-electron chi connectivity index (χ2n) is 0.894. The van der Waals surface area contributed by atoms with Crippen LogP contribution < -0.4 is 49.6 Å². The molecule has 0 saturated carbocycles. The van der Waals surface area contributed by atoms with Crippen LogP contribution in [-0.4, -0.2) is 9.97 Å². The maximum Gasteiger partial charge on any atom is 4.00 e. The average Bonchev–Trinajstić information content (AvgIpc) is 1.72. The predicted molar refractivity (Wildman–Crippen MR) is 22.0 cm³/mol. The van der Waals surface area contributed by atoms with Crippen molar-refractivity contribution in [3.63, 3.8) is 0 Å². The second kappa shape index (κ2) is 22.4. The Balaban J connectivity index is -0.0000000240. The Bertz CT molecular complexity index is 92.0. The maximum absolute atomic E-state index is 3.72. The Morgan fingerprint density at radius 2 is 0.727 bits per heavy atom. The van der Waals surface area contributed by atoms with Crippen molar-refractivity contribution in [3.05, 3.63) is 24.8 Å². The third-order valence-corrected chi connectivity index (χ3v) is 0.478. The van der Waals surface area contributed by atoms with Gasteiger partial charge in [-0.05, 0) is 0 Å². The first-order valence-corrected chi connectivity index (χ1v) is 1.70. The molecule has 0 aliphatic heterocycles. The number of hydrogen-bond donors (Lipinski definition) is 0. The van der Waals surface area contributed by atoms with Gasteiger partial charge < -0.3 is 49.6 Å². The third-order valence-electron chi connectivity index (χ3n) is 0.478. The fourth-order valence-electron chi connectivity index (χ4n) is 0.253. The molecule has 0 bridgehead atoms. The summed E-state index contributed by atoms with van der Waals surface area (Å²) < 4.78 is 0. The van der Waals surface area contributed by atoms with Crippen molar-refractivity contribution in [3.8, 4) is 0 Å². The molecule has 0 atom stereocenters. The summed E-state index contributed by atoms with van der Waals surface area (Å²) in [5.41, 5.74) is 0. The molecule has 0 aromatic carbocycles. The summed E-state index contributed by atoms with van der Waals surface area (Å²) >= 11 is 0. The summed E-state index contributed by atoms with van der Waals surface area (Å²) in [6.07, 6.45) is 6.56. The molecule has 0 spiro atoms. The molecule has 0 unspecified atom stereocenters. The first-order valence-electron chi connectivity index (χ1n) is 1.70. The van der Waals surface area contributed by atoms with E-state index in [1.54, 1.807) is 24.8 Å². The molecule has 1 aromatic rings. The molecule has 11 heavy (non-hydrogen) atoms. The standard InChI is InChI=1S/C4H4N2.4ClH.Ru/c1-2-6-4-3-5-1;;;;;/h1-4H;4*1H;/q;;;;;+4/p-4. The van der Waals surface area contributed by atoms with Crippen LogP contribution in [0, 0.1) is 0 Å². The van der Waals surface area contributed by atoms with E-state index < -0.39 is 0 Å². The number of aromatic nitrogens is 2. The molecule has 2 nitrogen and oxygen atoms in total. The summed E-state index contributed by atoms with van der Waals surface area (Å²) in [5, 5.41) is 0. The van der Waals surface area contributed by atoms with Crippen molar-refractivity contribution >= 4 is 0 Å². The van der Waals surface area contributed by atoms with Gasteiger partial charge >= 0.3 is 19.5 Å². The molecule has 1 heterocycles. The summed E-state index contributed by atoms with van der Waals surface area (Å²) in [6, 6.07) is 0. The van der Waals surface area contributed by atoms with Gasteiger partial charge in [-0.15, -0.1) is 0 Å². The van der Waals surface area contributed by atoms with Gasteiger partial charge in [0, 0.05) is 24.8 Å². The molecule has 0 radical (unpaired) electrons. The van der Waals surface area contributed by atoms with Crippen molar-refractivity contribution in [2.45, 2.75) is 0 Å². The Labute approximate surface area is 103 Å². The normalized spacial score (nSPS) is 4.36. The fourth-order valence-corrected chi connectivity index (χ4v) is 0.253. The summed E-state index contributed by atoms with van der Waals surface area (Å²) in [7, 11) is 0. The van der Waals surface area contributed by atoms with Gasteiger partial charge in [-0.3, -0.25) is 9.97 Å².